The largest absolute Gasteiger partial charge is 0.341 e. The van der Waals surface area contributed by atoms with E-state index in [4.69, 9.17) is 0 Å². The van der Waals surface area contributed by atoms with Crippen LogP contribution in [-0.2, 0) is 4.79 Å². The van der Waals surface area contributed by atoms with Gasteiger partial charge in [0.2, 0.25) is 11.0 Å². The number of rotatable bonds is 5. The fraction of sp³-hybridized carbons (Fsp3) is 0.562. The van der Waals surface area contributed by atoms with Crippen LogP contribution in [0.2, 0.25) is 0 Å². The van der Waals surface area contributed by atoms with Crippen LogP contribution in [0.5, 0.6) is 0 Å². The summed E-state index contributed by atoms with van der Waals surface area (Å²) in [6.07, 6.45) is 1.97. The number of carbonyl (C=O) groups is 1. The number of likely N-dealkylation sites (tertiary alicyclic amines) is 1. The normalized spacial score (nSPS) is 17.8. The summed E-state index contributed by atoms with van der Waals surface area (Å²) in [6.45, 7) is 3.87. The van der Waals surface area contributed by atoms with E-state index in [9.17, 15) is 4.79 Å². The van der Waals surface area contributed by atoms with Gasteiger partial charge < -0.3 is 15.1 Å². The van der Waals surface area contributed by atoms with Gasteiger partial charge in [0.1, 0.15) is 17.2 Å². The first-order valence-electron chi connectivity index (χ1n) is 8.32. The molecule has 3 heterocycles. The first-order valence-corrected chi connectivity index (χ1v) is 9.20. The zero-order chi connectivity index (χ0) is 17.8. The van der Waals surface area contributed by atoms with Gasteiger partial charge in [-0.05, 0) is 33.9 Å². The van der Waals surface area contributed by atoms with Crippen LogP contribution >= 0.6 is 11.3 Å². The minimum Gasteiger partial charge on any atom is -0.341 e. The lowest BCUT2D eigenvalue weighted by Gasteiger charge is -2.33. The summed E-state index contributed by atoms with van der Waals surface area (Å²) in [6, 6.07) is 1.89. The van der Waals surface area contributed by atoms with Crippen molar-refractivity contribution in [1.29, 1.82) is 0 Å². The van der Waals surface area contributed by atoms with Crippen LogP contribution < -0.4 is 5.32 Å². The Morgan fingerprint density at radius 1 is 1.44 bits per heavy atom. The molecule has 1 aliphatic rings. The fourth-order valence-electron chi connectivity index (χ4n) is 2.96. The summed E-state index contributed by atoms with van der Waals surface area (Å²) in [7, 11) is 3.82. The Morgan fingerprint density at radius 2 is 2.28 bits per heavy atom. The maximum atomic E-state index is 12.3. The third-order valence-electron chi connectivity index (χ3n) is 4.06. The highest BCUT2D eigenvalue weighted by Gasteiger charge is 2.27. The van der Waals surface area contributed by atoms with Gasteiger partial charge in [-0.2, -0.15) is 0 Å². The van der Waals surface area contributed by atoms with Gasteiger partial charge >= 0.3 is 0 Å². The number of hydrogen-bond acceptors (Lipinski definition) is 8. The number of amides is 1. The predicted molar refractivity (Wildman–Crippen MR) is 97.1 cm³/mol. The van der Waals surface area contributed by atoms with Gasteiger partial charge in [-0.3, -0.25) is 4.79 Å². The molecule has 0 radical (unpaired) electrons. The Morgan fingerprint density at radius 3 is 3.00 bits per heavy atom. The second-order valence-electron chi connectivity index (χ2n) is 6.54. The molecule has 0 unspecified atom stereocenters. The van der Waals surface area contributed by atoms with Gasteiger partial charge in [-0.25, -0.2) is 9.97 Å². The summed E-state index contributed by atoms with van der Waals surface area (Å²) < 4.78 is 0. The fourth-order valence-corrected chi connectivity index (χ4v) is 3.41. The highest BCUT2D eigenvalue weighted by molar-refractivity contribution is 7.13. The average molecular weight is 361 g/mol. The SMILES string of the molecule is Cc1cc(Nc2nncs2)nc([C@@H]2CCCN(C(=O)CN(C)C)C2)n1. The van der Waals surface area contributed by atoms with E-state index in [1.807, 2.05) is 36.9 Å². The van der Waals surface area contributed by atoms with E-state index in [0.29, 0.717) is 18.2 Å². The highest BCUT2D eigenvalue weighted by Crippen LogP contribution is 2.26. The first kappa shape index (κ1) is 17.7. The van der Waals surface area contributed by atoms with Gasteiger partial charge in [0.25, 0.3) is 0 Å². The monoisotopic (exact) mass is 361 g/mol. The van der Waals surface area contributed by atoms with Crippen molar-refractivity contribution in [2.75, 3.05) is 39.0 Å². The molecule has 0 saturated carbocycles. The zero-order valence-electron chi connectivity index (χ0n) is 14.8. The summed E-state index contributed by atoms with van der Waals surface area (Å²) in [5, 5.41) is 11.7. The molecular weight excluding hydrogens is 338 g/mol. The molecule has 0 spiro atoms. The Kier molecular flexibility index (Phi) is 5.54. The van der Waals surface area contributed by atoms with Crippen LogP contribution in [0.4, 0.5) is 10.9 Å². The summed E-state index contributed by atoms with van der Waals surface area (Å²) in [5.41, 5.74) is 2.57. The number of hydrogen-bond donors (Lipinski definition) is 1. The van der Waals surface area contributed by atoms with Crippen LogP contribution in [0.3, 0.4) is 0 Å². The van der Waals surface area contributed by atoms with Crippen molar-refractivity contribution < 1.29 is 4.79 Å². The van der Waals surface area contributed by atoms with Crippen molar-refractivity contribution in [1.82, 2.24) is 30.0 Å². The van der Waals surface area contributed by atoms with E-state index in [2.05, 4.69) is 25.5 Å². The molecular formula is C16H23N7OS. The van der Waals surface area contributed by atoms with Crippen molar-refractivity contribution >= 4 is 28.2 Å². The molecule has 1 N–H and O–H groups in total. The Hall–Kier alpha value is -2.13. The van der Waals surface area contributed by atoms with Crippen LogP contribution in [-0.4, -0.2) is 69.6 Å². The molecule has 8 nitrogen and oxygen atoms in total. The third kappa shape index (κ3) is 4.70. The van der Waals surface area contributed by atoms with Crippen LogP contribution in [0.1, 0.15) is 30.3 Å². The Labute approximate surface area is 151 Å². The number of piperidine rings is 1. The lowest BCUT2D eigenvalue weighted by Crippen LogP contribution is -2.43. The molecule has 25 heavy (non-hydrogen) atoms. The number of anilines is 2. The summed E-state index contributed by atoms with van der Waals surface area (Å²) >= 11 is 1.42. The van der Waals surface area contributed by atoms with E-state index in [1.165, 1.54) is 11.3 Å². The standard InChI is InChI=1S/C16H23N7OS/c1-11-7-13(20-16-21-17-10-25-16)19-15(18-11)12-5-4-6-23(8-12)14(24)9-22(2)3/h7,10,12H,4-6,8-9H2,1-3H3,(H,18,19,20,21)/t12-/m1/s1. The van der Waals surface area contributed by atoms with Crippen molar-refractivity contribution in [2.24, 2.45) is 0 Å². The van der Waals surface area contributed by atoms with Crippen molar-refractivity contribution in [3.63, 3.8) is 0 Å². The van der Waals surface area contributed by atoms with Crippen molar-refractivity contribution in [3.05, 3.63) is 23.1 Å². The molecule has 134 valence electrons. The lowest BCUT2D eigenvalue weighted by atomic mass is 9.97. The number of carbonyl (C=O) groups excluding carboxylic acids is 1. The average Bonchev–Trinajstić information content (AvgIpc) is 3.07. The highest BCUT2D eigenvalue weighted by atomic mass is 32.1. The molecule has 1 atom stereocenters. The van der Waals surface area contributed by atoms with E-state index >= 15 is 0 Å². The topological polar surface area (TPSA) is 87.1 Å². The van der Waals surface area contributed by atoms with E-state index in [-0.39, 0.29) is 11.8 Å². The molecule has 0 bridgehead atoms. The molecule has 2 aromatic heterocycles. The van der Waals surface area contributed by atoms with Gasteiger partial charge in [0, 0.05) is 30.8 Å². The molecule has 2 aromatic rings. The Bertz CT molecular complexity index is 719. The van der Waals surface area contributed by atoms with E-state index < -0.39 is 0 Å². The molecule has 1 aliphatic heterocycles. The maximum Gasteiger partial charge on any atom is 0.236 e. The van der Waals surface area contributed by atoms with Crippen LogP contribution in [0.25, 0.3) is 0 Å². The molecule has 0 aliphatic carbocycles. The molecule has 3 rings (SSSR count). The summed E-state index contributed by atoms with van der Waals surface area (Å²) in [5.74, 6) is 1.83. The molecule has 1 saturated heterocycles. The van der Waals surface area contributed by atoms with Gasteiger partial charge in [-0.15, -0.1) is 10.2 Å². The molecule has 1 fully saturated rings. The minimum atomic E-state index is 0.162. The summed E-state index contributed by atoms with van der Waals surface area (Å²) in [4.78, 5) is 25.4. The first-order chi connectivity index (χ1) is 12.0. The number of aromatic nitrogens is 4. The van der Waals surface area contributed by atoms with Crippen LogP contribution in [0.15, 0.2) is 11.6 Å². The van der Waals surface area contributed by atoms with E-state index in [0.717, 1.165) is 36.7 Å². The number of nitrogens with one attached hydrogen (secondary N) is 1. The number of likely N-dealkylation sites (N-methyl/N-ethyl adjacent to an activating group) is 1. The Balaban J connectivity index is 1.74. The predicted octanol–water partition coefficient (Wildman–Crippen LogP) is 1.65. The van der Waals surface area contributed by atoms with Gasteiger partial charge in [-0.1, -0.05) is 11.3 Å². The van der Waals surface area contributed by atoms with Crippen molar-refractivity contribution in [3.8, 4) is 0 Å². The minimum absolute atomic E-state index is 0.162. The quantitative estimate of drug-likeness (QED) is 0.866. The molecule has 0 aromatic carbocycles. The molecule has 9 heteroatoms. The maximum absolute atomic E-state index is 12.3. The lowest BCUT2D eigenvalue weighted by molar-refractivity contribution is -0.133. The smallest absolute Gasteiger partial charge is 0.236 e. The second-order valence-corrected chi connectivity index (χ2v) is 7.37. The second kappa shape index (κ2) is 7.83. The van der Waals surface area contributed by atoms with E-state index in [1.54, 1.807) is 5.51 Å². The number of aryl methyl sites for hydroxylation is 1. The molecule has 1 amide bonds. The van der Waals surface area contributed by atoms with Gasteiger partial charge in [0.05, 0.1) is 6.54 Å². The zero-order valence-corrected chi connectivity index (χ0v) is 15.6. The third-order valence-corrected chi connectivity index (χ3v) is 4.66. The van der Waals surface area contributed by atoms with Crippen LogP contribution in [0, 0.1) is 6.92 Å². The van der Waals surface area contributed by atoms with Crippen molar-refractivity contribution in [2.45, 2.75) is 25.7 Å². The van der Waals surface area contributed by atoms with Gasteiger partial charge in [0.15, 0.2) is 0 Å². The number of nitrogens with zero attached hydrogens (tertiary/aromatic N) is 6.